The number of halogens is 3. The zero-order valence-corrected chi connectivity index (χ0v) is 15.2. The quantitative estimate of drug-likeness (QED) is 0.814. The van der Waals surface area contributed by atoms with E-state index in [4.69, 9.17) is 0 Å². The van der Waals surface area contributed by atoms with Crippen molar-refractivity contribution in [1.82, 2.24) is 4.72 Å². The monoisotopic (exact) mass is 411 g/mol. The van der Waals surface area contributed by atoms with E-state index in [1.807, 2.05) is 0 Å². The number of rotatable bonds is 3. The first-order valence-electron chi connectivity index (χ1n) is 8.52. The Morgan fingerprint density at radius 3 is 2.50 bits per heavy atom. The molecule has 2 N–H and O–H groups in total. The molecule has 0 saturated carbocycles. The minimum Gasteiger partial charge on any atom is -0.356 e. The Balaban J connectivity index is 1.61. The fraction of sp³-hybridized carbons (Fsp3) is 0.278. The van der Waals surface area contributed by atoms with Crippen molar-refractivity contribution in [3.05, 3.63) is 54.1 Å². The van der Waals surface area contributed by atoms with Crippen molar-refractivity contribution < 1.29 is 26.4 Å². The Morgan fingerprint density at radius 2 is 1.75 bits per heavy atom. The first-order chi connectivity index (χ1) is 13.2. The largest absolute Gasteiger partial charge is 0.417 e. The molecule has 2 aromatic rings. The zero-order chi connectivity index (χ0) is 20.1. The maximum Gasteiger partial charge on any atom is 0.417 e. The maximum absolute atomic E-state index is 13.2. The van der Waals surface area contributed by atoms with Gasteiger partial charge in [-0.15, -0.1) is 0 Å². The molecule has 4 rings (SSSR count). The molecule has 0 aliphatic carbocycles. The number of carbonyl (C=O) groups is 1. The molecular formula is C18H16F3N3O3S. The molecule has 6 nitrogen and oxygen atoms in total. The van der Waals surface area contributed by atoms with Crippen molar-refractivity contribution in [3.8, 4) is 0 Å². The van der Waals surface area contributed by atoms with E-state index in [0.29, 0.717) is 5.69 Å². The van der Waals surface area contributed by atoms with Crippen LogP contribution in [-0.2, 0) is 21.0 Å². The normalized spacial score (nSPS) is 21.8. The van der Waals surface area contributed by atoms with E-state index in [1.165, 1.54) is 6.07 Å². The van der Waals surface area contributed by atoms with Crippen LogP contribution in [0.1, 0.15) is 12.0 Å². The minimum atomic E-state index is -4.79. The van der Waals surface area contributed by atoms with Crippen molar-refractivity contribution in [2.24, 2.45) is 0 Å². The summed E-state index contributed by atoms with van der Waals surface area (Å²) in [6.45, 7) is 0.183. The number of nitrogens with zero attached hydrogens (tertiary/aromatic N) is 1. The summed E-state index contributed by atoms with van der Waals surface area (Å²) in [6, 6.07) is 9.86. The second kappa shape index (κ2) is 6.49. The van der Waals surface area contributed by atoms with Crippen LogP contribution in [0.2, 0.25) is 0 Å². The SMILES string of the molecule is O=C1Nc2ccccc2N2CC(NS(=O)(=O)c3ccccc3C(F)(F)F)CC12. The standard InChI is InChI=1S/C18H16F3N3O3S/c19-18(20,21)12-5-1-4-8-16(12)28(26,27)23-11-9-15-17(25)22-13-6-2-3-7-14(13)24(15)10-11/h1-8,11,15,23H,9-10H2,(H,22,25). The number of para-hydroxylation sites is 2. The molecule has 2 aliphatic rings. The lowest BCUT2D eigenvalue weighted by Gasteiger charge is -2.32. The van der Waals surface area contributed by atoms with Gasteiger partial charge in [-0.2, -0.15) is 13.2 Å². The van der Waals surface area contributed by atoms with Gasteiger partial charge in [0, 0.05) is 12.6 Å². The van der Waals surface area contributed by atoms with Gasteiger partial charge in [0.15, 0.2) is 0 Å². The van der Waals surface area contributed by atoms with E-state index < -0.39 is 38.7 Å². The minimum absolute atomic E-state index is 0.160. The first-order valence-corrected chi connectivity index (χ1v) is 10.0. The Kier molecular flexibility index (Phi) is 4.35. The number of hydrogen-bond donors (Lipinski definition) is 2. The van der Waals surface area contributed by atoms with Crippen molar-refractivity contribution in [2.45, 2.75) is 29.6 Å². The number of benzene rings is 2. The van der Waals surface area contributed by atoms with Crippen LogP contribution < -0.4 is 14.9 Å². The van der Waals surface area contributed by atoms with E-state index in [9.17, 15) is 26.4 Å². The summed E-state index contributed by atoms with van der Waals surface area (Å²) in [4.78, 5) is 13.3. The van der Waals surface area contributed by atoms with Crippen molar-refractivity contribution >= 4 is 27.3 Å². The molecule has 2 aliphatic heterocycles. The average molecular weight is 411 g/mol. The molecule has 10 heteroatoms. The lowest BCUT2D eigenvalue weighted by atomic mass is 10.1. The Hall–Kier alpha value is -2.59. The number of carbonyl (C=O) groups excluding carboxylic acids is 1. The number of hydrogen-bond acceptors (Lipinski definition) is 4. The van der Waals surface area contributed by atoms with Gasteiger partial charge in [0.2, 0.25) is 15.9 Å². The fourth-order valence-corrected chi connectivity index (χ4v) is 5.17. The number of sulfonamides is 1. The van der Waals surface area contributed by atoms with Crippen LogP contribution in [0, 0.1) is 0 Å². The molecule has 0 spiro atoms. The van der Waals surface area contributed by atoms with Gasteiger partial charge in [0.25, 0.3) is 0 Å². The number of amides is 1. The molecule has 2 unspecified atom stereocenters. The molecule has 28 heavy (non-hydrogen) atoms. The van der Waals surface area contributed by atoms with Gasteiger partial charge < -0.3 is 10.2 Å². The zero-order valence-electron chi connectivity index (χ0n) is 14.4. The summed E-state index contributed by atoms with van der Waals surface area (Å²) < 4.78 is 67.2. The van der Waals surface area contributed by atoms with E-state index in [2.05, 4.69) is 10.0 Å². The Bertz CT molecular complexity index is 1040. The molecule has 2 heterocycles. The van der Waals surface area contributed by atoms with Gasteiger partial charge in [-0.1, -0.05) is 24.3 Å². The third kappa shape index (κ3) is 3.22. The molecule has 0 bridgehead atoms. The number of nitrogens with one attached hydrogen (secondary N) is 2. The van der Waals surface area contributed by atoms with Crippen molar-refractivity contribution in [2.75, 3.05) is 16.8 Å². The highest BCUT2D eigenvalue weighted by Gasteiger charge is 2.43. The van der Waals surface area contributed by atoms with Crippen LogP contribution in [-0.4, -0.2) is 33.0 Å². The van der Waals surface area contributed by atoms with Crippen LogP contribution in [0.15, 0.2) is 53.4 Å². The smallest absolute Gasteiger partial charge is 0.356 e. The molecule has 0 aromatic heterocycles. The highest BCUT2D eigenvalue weighted by atomic mass is 32.2. The third-order valence-electron chi connectivity index (χ3n) is 4.88. The van der Waals surface area contributed by atoms with Crippen molar-refractivity contribution in [3.63, 3.8) is 0 Å². The predicted octanol–water partition coefficient (Wildman–Crippen LogP) is 2.58. The van der Waals surface area contributed by atoms with E-state index in [0.717, 1.165) is 23.9 Å². The molecule has 1 fully saturated rings. The van der Waals surface area contributed by atoms with Crippen LogP contribution in [0.4, 0.5) is 24.5 Å². The van der Waals surface area contributed by atoms with Crippen LogP contribution in [0.3, 0.4) is 0 Å². The summed E-state index contributed by atoms with van der Waals surface area (Å²) in [5, 5.41) is 2.77. The molecule has 148 valence electrons. The van der Waals surface area contributed by atoms with Gasteiger partial charge in [-0.05, 0) is 30.7 Å². The van der Waals surface area contributed by atoms with Crippen LogP contribution in [0.5, 0.6) is 0 Å². The van der Waals surface area contributed by atoms with Gasteiger partial charge in [0.05, 0.1) is 21.8 Å². The maximum atomic E-state index is 13.2. The fourth-order valence-electron chi connectivity index (χ4n) is 3.70. The lowest BCUT2D eigenvalue weighted by Crippen LogP contribution is -2.44. The highest BCUT2D eigenvalue weighted by molar-refractivity contribution is 7.89. The van der Waals surface area contributed by atoms with Gasteiger partial charge in [-0.3, -0.25) is 4.79 Å². The molecule has 1 amide bonds. The number of fused-ring (bicyclic) bond motifs is 3. The number of anilines is 2. The third-order valence-corrected chi connectivity index (χ3v) is 6.46. The second-order valence-electron chi connectivity index (χ2n) is 6.72. The summed E-state index contributed by atoms with van der Waals surface area (Å²) in [5.41, 5.74) is 0.153. The van der Waals surface area contributed by atoms with Gasteiger partial charge in [0.1, 0.15) is 6.04 Å². The molecule has 2 atom stereocenters. The summed E-state index contributed by atoms with van der Waals surface area (Å²) >= 11 is 0. The molecule has 1 saturated heterocycles. The molecule has 2 aromatic carbocycles. The van der Waals surface area contributed by atoms with Crippen LogP contribution >= 0.6 is 0 Å². The van der Waals surface area contributed by atoms with E-state index >= 15 is 0 Å². The molecule has 0 radical (unpaired) electrons. The molecular weight excluding hydrogens is 395 g/mol. The Labute approximate surface area is 159 Å². The van der Waals surface area contributed by atoms with Gasteiger partial charge >= 0.3 is 6.18 Å². The Morgan fingerprint density at radius 1 is 1.07 bits per heavy atom. The highest BCUT2D eigenvalue weighted by Crippen LogP contribution is 2.37. The summed E-state index contributed by atoms with van der Waals surface area (Å²) in [6.07, 6.45) is -4.63. The summed E-state index contributed by atoms with van der Waals surface area (Å²) in [5.74, 6) is -0.268. The summed E-state index contributed by atoms with van der Waals surface area (Å²) in [7, 11) is -4.42. The van der Waals surface area contributed by atoms with Crippen LogP contribution in [0.25, 0.3) is 0 Å². The lowest BCUT2D eigenvalue weighted by molar-refractivity contribution is -0.139. The number of alkyl halides is 3. The second-order valence-corrected chi connectivity index (χ2v) is 8.40. The average Bonchev–Trinajstić information content (AvgIpc) is 3.05. The van der Waals surface area contributed by atoms with E-state index in [1.54, 1.807) is 29.2 Å². The van der Waals surface area contributed by atoms with Crippen molar-refractivity contribution in [1.29, 1.82) is 0 Å². The van der Waals surface area contributed by atoms with Gasteiger partial charge in [-0.25, -0.2) is 13.1 Å². The van der Waals surface area contributed by atoms with E-state index in [-0.39, 0.29) is 18.9 Å². The topological polar surface area (TPSA) is 78.5 Å². The first kappa shape index (κ1) is 18.8. The predicted molar refractivity (Wildman–Crippen MR) is 96.4 cm³/mol.